The maximum Gasteiger partial charge on any atom is 0.346 e. The van der Waals surface area contributed by atoms with Crippen molar-refractivity contribution < 1.29 is 9.47 Å². The lowest BCUT2D eigenvalue weighted by atomic mass is 10.2. The van der Waals surface area contributed by atoms with E-state index in [4.69, 9.17) is 9.47 Å². The van der Waals surface area contributed by atoms with Gasteiger partial charge in [-0.25, -0.2) is 0 Å². The lowest BCUT2D eigenvalue weighted by Crippen LogP contribution is -2.02. The molecule has 3 aromatic carbocycles. The quantitative estimate of drug-likeness (QED) is 0.433. The lowest BCUT2D eigenvalue weighted by molar-refractivity contribution is 0.363. The lowest BCUT2D eigenvalue weighted by Gasteiger charge is -2.12. The summed E-state index contributed by atoms with van der Waals surface area (Å²) in [6.45, 7) is 0.653. The van der Waals surface area contributed by atoms with Crippen LogP contribution < -0.4 is 14.8 Å². The van der Waals surface area contributed by atoms with Gasteiger partial charge in [-0.15, -0.1) is 0 Å². The van der Waals surface area contributed by atoms with Crippen LogP contribution in [-0.4, -0.2) is 27.3 Å². The number of halogens is 1. The number of benzene rings is 3. The number of hydrogen-bond donors (Lipinski definition) is 1. The molecule has 0 saturated carbocycles. The van der Waals surface area contributed by atoms with Crippen LogP contribution in [0.15, 0.2) is 77.3 Å². The molecule has 0 fully saturated rings. The fourth-order valence-corrected chi connectivity index (χ4v) is 3.01. The average molecular weight is 452 g/mol. The van der Waals surface area contributed by atoms with E-state index in [-0.39, 0.29) is 6.01 Å². The molecule has 0 saturated heterocycles. The Balaban J connectivity index is 1.51. The van der Waals surface area contributed by atoms with E-state index in [1.54, 1.807) is 7.11 Å². The van der Waals surface area contributed by atoms with Crippen molar-refractivity contribution in [2.75, 3.05) is 12.4 Å². The van der Waals surface area contributed by atoms with Crippen molar-refractivity contribution in [3.8, 4) is 23.2 Å². The minimum atomic E-state index is 0.259. The third-order valence-corrected chi connectivity index (χ3v) is 4.74. The Labute approximate surface area is 176 Å². The molecule has 7 nitrogen and oxygen atoms in total. The molecule has 4 aromatic rings. The molecular formula is C21H18BrN5O2. The summed E-state index contributed by atoms with van der Waals surface area (Å²) in [6.07, 6.45) is 0. The molecule has 0 bridgehead atoms. The zero-order chi connectivity index (χ0) is 20.1. The molecule has 0 atom stereocenters. The Morgan fingerprint density at radius 3 is 2.52 bits per heavy atom. The van der Waals surface area contributed by atoms with E-state index >= 15 is 0 Å². The summed E-state index contributed by atoms with van der Waals surface area (Å²) in [5.74, 6) is 1.13. The van der Waals surface area contributed by atoms with Crippen LogP contribution >= 0.6 is 15.9 Å². The standard InChI is InChI=1S/C21H18BrN5O2/c1-28-20-13-15(14-23-17-10-8-16(22)9-11-17)7-12-19(20)29-21-24-25-26-27(21)18-5-3-2-4-6-18/h2-13,23H,14H2,1H3. The van der Waals surface area contributed by atoms with Crippen molar-refractivity contribution in [3.05, 3.63) is 82.8 Å². The maximum atomic E-state index is 5.93. The third kappa shape index (κ3) is 4.55. The van der Waals surface area contributed by atoms with Crippen molar-refractivity contribution in [2.45, 2.75) is 6.54 Å². The number of nitrogens with one attached hydrogen (secondary N) is 1. The molecule has 0 amide bonds. The number of nitrogens with zero attached hydrogens (tertiary/aromatic N) is 4. The van der Waals surface area contributed by atoms with Gasteiger partial charge in [-0.1, -0.05) is 45.3 Å². The predicted molar refractivity (Wildman–Crippen MR) is 114 cm³/mol. The second kappa shape index (κ2) is 8.74. The number of aromatic nitrogens is 4. The highest BCUT2D eigenvalue weighted by atomic mass is 79.9. The van der Waals surface area contributed by atoms with Gasteiger partial charge in [0.05, 0.1) is 12.8 Å². The summed E-state index contributed by atoms with van der Waals surface area (Å²) in [5.41, 5.74) is 2.90. The van der Waals surface area contributed by atoms with Gasteiger partial charge in [0.1, 0.15) is 0 Å². The van der Waals surface area contributed by atoms with Crippen LogP contribution in [0.2, 0.25) is 0 Å². The fraction of sp³-hybridized carbons (Fsp3) is 0.0952. The molecule has 0 aliphatic carbocycles. The Morgan fingerprint density at radius 1 is 0.966 bits per heavy atom. The van der Waals surface area contributed by atoms with E-state index in [9.17, 15) is 0 Å². The number of methoxy groups -OCH3 is 1. The SMILES string of the molecule is COc1cc(CNc2ccc(Br)cc2)ccc1Oc1nnnn1-c1ccccc1. The first-order valence-electron chi connectivity index (χ1n) is 8.91. The van der Waals surface area contributed by atoms with Gasteiger partial charge in [-0.2, -0.15) is 4.68 Å². The predicted octanol–water partition coefficient (Wildman–Crippen LogP) is 4.84. The summed E-state index contributed by atoms with van der Waals surface area (Å²) < 4.78 is 14.0. The normalized spacial score (nSPS) is 10.6. The first-order valence-corrected chi connectivity index (χ1v) is 9.70. The van der Waals surface area contributed by atoms with Crippen LogP contribution in [-0.2, 0) is 6.54 Å². The highest BCUT2D eigenvalue weighted by Gasteiger charge is 2.14. The third-order valence-electron chi connectivity index (χ3n) is 4.21. The number of tetrazole rings is 1. The van der Waals surface area contributed by atoms with Crippen LogP contribution in [0.25, 0.3) is 5.69 Å². The summed E-state index contributed by atoms with van der Waals surface area (Å²) in [6, 6.07) is 23.6. The number of rotatable bonds is 7. The largest absolute Gasteiger partial charge is 0.493 e. The van der Waals surface area contributed by atoms with Crippen molar-refractivity contribution in [1.82, 2.24) is 20.2 Å². The summed E-state index contributed by atoms with van der Waals surface area (Å²) in [4.78, 5) is 0. The van der Waals surface area contributed by atoms with E-state index in [2.05, 4.69) is 36.8 Å². The van der Waals surface area contributed by atoms with Gasteiger partial charge in [0.25, 0.3) is 0 Å². The molecule has 0 spiro atoms. The fourth-order valence-electron chi connectivity index (χ4n) is 2.75. The molecule has 4 rings (SSSR count). The van der Waals surface area contributed by atoms with Crippen molar-refractivity contribution in [3.63, 3.8) is 0 Å². The smallest absolute Gasteiger partial charge is 0.346 e. The van der Waals surface area contributed by atoms with E-state index in [1.165, 1.54) is 4.68 Å². The monoisotopic (exact) mass is 451 g/mol. The molecule has 1 N–H and O–H groups in total. The van der Waals surface area contributed by atoms with E-state index in [0.717, 1.165) is 21.4 Å². The first-order chi connectivity index (χ1) is 14.2. The average Bonchev–Trinajstić information content (AvgIpc) is 3.23. The van der Waals surface area contributed by atoms with Crippen LogP contribution in [0.1, 0.15) is 5.56 Å². The van der Waals surface area contributed by atoms with Crippen molar-refractivity contribution in [2.24, 2.45) is 0 Å². The number of anilines is 1. The van der Waals surface area contributed by atoms with Gasteiger partial charge < -0.3 is 14.8 Å². The zero-order valence-corrected chi connectivity index (χ0v) is 17.2. The molecule has 146 valence electrons. The summed E-state index contributed by atoms with van der Waals surface area (Å²) in [7, 11) is 1.61. The minimum Gasteiger partial charge on any atom is -0.493 e. The van der Waals surface area contributed by atoms with Gasteiger partial charge in [0, 0.05) is 16.7 Å². The van der Waals surface area contributed by atoms with Crippen LogP contribution in [0.4, 0.5) is 5.69 Å². The second-order valence-corrected chi connectivity index (χ2v) is 7.07. The highest BCUT2D eigenvalue weighted by Crippen LogP contribution is 2.32. The molecule has 0 aliphatic heterocycles. The Kier molecular flexibility index (Phi) is 5.71. The van der Waals surface area contributed by atoms with Gasteiger partial charge in [0.15, 0.2) is 11.5 Å². The van der Waals surface area contributed by atoms with Gasteiger partial charge in [-0.3, -0.25) is 0 Å². The summed E-state index contributed by atoms with van der Waals surface area (Å²) >= 11 is 3.44. The minimum absolute atomic E-state index is 0.259. The zero-order valence-electron chi connectivity index (χ0n) is 15.6. The van der Waals surface area contributed by atoms with E-state index in [0.29, 0.717) is 18.0 Å². The molecule has 1 aromatic heterocycles. The Morgan fingerprint density at radius 2 is 1.76 bits per heavy atom. The maximum absolute atomic E-state index is 5.93. The van der Waals surface area contributed by atoms with Crippen molar-refractivity contribution >= 4 is 21.6 Å². The Hall–Kier alpha value is -3.39. The van der Waals surface area contributed by atoms with Gasteiger partial charge >= 0.3 is 6.01 Å². The summed E-state index contributed by atoms with van der Waals surface area (Å²) in [5, 5.41) is 15.1. The molecule has 0 unspecified atom stereocenters. The topological polar surface area (TPSA) is 74.1 Å². The number of ether oxygens (including phenoxy) is 2. The molecule has 29 heavy (non-hydrogen) atoms. The second-order valence-electron chi connectivity index (χ2n) is 6.16. The van der Waals surface area contributed by atoms with E-state index in [1.807, 2.05) is 72.8 Å². The van der Waals surface area contributed by atoms with Crippen LogP contribution in [0, 0.1) is 0 Å². The first kappa shape index (κ1) is 18.9. The molecule has 0 radical (unpaired) electrons. The van der Waals surface area contributed by atoms with Gasteiger partial charge in [-0.05, 0) is 64.5 Å². The Bertz CT molecular complexity index is 1080. The van der Waals surface area contributed by atoms with Gasteiger partial charge in [0.2, 0.25) is 0 Å². The number of para-hydroxylation sites is 1. The number of hydrogen-bond acceptors (Lipinski definition) is 6. The molecular weight excluding hydrogens is 434 g/mol. The molecule has 0 aliphatic rings. The van der Waals surface area contributed by atoms with E-state index < -0.39 is 0 Å². The molecule has 8 heteroatoms. The van der Waals surface area contributed by atoms with Crippen molar-refractivity contribution in [1.29, 1.82) is 0 Å². The highest BCUT2D eigenvalue weighted by molar-refractivity contribution is 9.10. The van der Waals surface area contributed by atoms with Crippen LogP contribution in [0.3, 0.4) is 0 Å². The van der Waals surface area contributed by atoms with Crippen LogP contribution in [0.5, 0.6) is 17.5 Å². The molecule has 1 heterocycles.